The molecule has 0 aliphatic heterocycles. The van der Waals surface area contributed by atoms with Crippen LogP contribution in [-0.2, 0) is 0 Å². The molecule has 0 fully saturated rings. The Hall–Kier alpha value is -5.94. The second-order valence-electron chi connectivity index (χ2n) is 11.1. The van der Waals surface area contributed by atoms with Crippen molar-refractivity contribution in [2.45, 2.75) is 0 Å². The first-order valence-electron chi connectivity index (χ1n) is 14.4. The summed E-state index contributed by atoms with van der Waals surface area (Å²) in [6, 6.07) is 42.7. The molecule has 0 bridgehead atoms. The predicted octanol–water partition coefficient (Wildman–Crippen LogP) is 9.72. The second-order valence-corrected chi connectivity index (χ2v) is 11.1. The lowest BCUT2D eigenvalue weighted by Gasteiger charge is -2.13. The van der Waals surface area contributed by atoms with Gasteiger partial charge in [0, 0.05) is 55.3 Å². The van der Waals surface area contributed by atoms with Crippen LogP contribution in [0.25, 0.3) is 87.8 Å². The molecule has 10 rings (SSSR count). The van der Waals surface area contributed by atoms with E-state index in [1.807, 2.05) is 18.3 Å². The zero-order chi connectivity index (χ0) is 28.1. The van der Waals surface area contributed by atoms with Crippen LogP contribution in [0.3, 0.4) is 0 Å². The van der Waals surface area contributed by atoms with Crippen molar-refractivity contribution in [3.8, 4) is 11.4 Å². The van der Waals surface area contributed by atoms with Crippen LogP contribution in [0.5, 0.6) is 0 Å². The Morgan fingerprint density at radius 3 is 1.93 bits per heavy atom. The van der Waals surface area contributed by atoms with E-state index in [1.165, 1.54) is 5.39 Å². The molecule has 10 aromatic rings. The lowest BCUT2D eigenvalue weighted by atomic mass is 10.0. The van der Waals surface area contributed by atoms with Crippen molar-refractivity contribution in [2.24, 2.45) is 0 Å². The van der Waals surface area contributed by atoms with E-state index in [2.05, 4.69) is 123 Å². The fourth-order valence-corrected chi connectivity index (χ4v) is 7.12. The van der Waals surface area contributed by atoms with Gasteiger partial charge in [-0.15, -0.1) is 0 Å². The van der Waals surface area contributed by atoms with Gasteiger partial charge in [-0.2, -0.15) is 0 Å². The third-order valence-corrected chi connectivity index (χ3v) is 8.82. The summed E-state index contributed by atoms with van der Waals surface area (Å²) in [7, 11) is 0. The van der Waals surface area contributed by atoms with E-state index in [0.717, 1.165) is 82.4 Å². The van der Waals surface area contributed by atoms with E-state index in [0.29, 0.717) is 0 Å². The van der Waals surface area contributed by atoms with Crippen LogP contribution in [0.15, 0.2) is 138 Å². The van der Waals surface area contributed by atoms with Gasteiger partial charge in [0.05, 0.1) is 27.6 Å². The first-order valence-corrected chi connectivity index (χ1v) is 14.4. The molecule has 0 aliphatic carbocycles. The molecule has 43 heavy (non-hydrogen) atoms. The molecule has 5 nitrogen and oxygen atoms in total. The number of aromatic nitrogens is 4. The van der Waals surface area contributed by atoms with E-state index in [1.54, 1.807) is 6.33 Å². The molecule has 0 saturated heterocycles. The third-order valence-electron chi connectivity index (χ3n) is 8.82. The van der Waals surface area contributed by atoms with E-state index >= 15 is 0 Å². The molecule has 4 aromatic heterocycles. The molecular weight excluding hydrogens is 528 g/mol. The van der Waals surface area contributed by atoms with E-state index in [9.17, 15) is 0 Å². The number of hydrogen-bond donors (Lipinski definition) is 0. The molecule has 0 unspecified atom stereocenters. The largest absolute Gasteiger partial charge is 0.456 e. The summed E-state index contributed by atoms with van der Waals surface area (Å²) in [6.07, 6.45) is 3.64. The number of hydrogen-bond acceptors (Lipinski definition) is 3. The maximum absolute atomic E-state index is 6.21. The van der Waals surface area contributed by atoms with Crippen molar-refractivity contribution in [3.05, 3.63) is 134 Å². The Bertz CT molecular complexity index is 2730. The highest BCUT2D eigenvalue weighted by atomic mass is 16.3. The first-order chi connectivity index (χ1) is 21.4. The van der Waals surface area contributed by atoms with Crippen LogP contribution >= 0.6 is 0 Å². The SMILES string of the molecule is c1ccc(-n2c3ccccc3c3c4cncnc4c4c5ccccc5n(-c5ccc6oc7ccccc7c6c5)c4c32)cc1. The van der Waals surface area contributed by atoms with Gasteiger partial charge in [-0.3, -0.25) is 0 Å². The number of nitrogens with zero attached hydrogens (tertiary/aromatic N) is 4. The highest BCUT2D eigenvalue weighted by Crippen LogP contribution is 2.46. The Balaban J connectivity index is 1.51. The quantitative estimate of drug-likeness (QED) is 0.215. The predicted molar refractivity (Wildman–Crippen MR) is 175 cm³/mol. The van der Waals surface area contributed by atoms with Gasteiger partial charge in [0.15, 0.2) is 0 Å². The molecule has 0 saturated carbocycles. The molecule has 200 valence electrons. The second kappa shape index (κ2) is 8.30. The highest BCUT2D eigenvalue weighted by Gasteiger charge is 2.25. The number of furan rings is 1. The average molecular weight is 551 g/mol. The molecule has 0 aliphatic rings. The number of rotatable bonds is 2. The van der Waals surface area contributed by atoms with Crippen LogP contribution in [0.2, 0.25) is 0 Å². The average Bonchev–Trinajstić information content (AvgIpc) is 3.73. The highest BCUT2D eigenvalue weighted by molar-refractivity contribution is 6.35. The summed E-state index contributed by atoms with van der Waals surface area (Å²) < 4.78 is 11.0. The Kier molecular flexibility index (Phi) is 4.39. The van der Waals surface area contributed by atoms with Crippen molar-refractivity contribution >= 4 is 76.5 Å². The summed E-state index contributed by atoms with van der Waals surface area (Å²) >= 11 is 0. The molecule has 0 atom stereocenters. The lowest BCUT2D eigenvalue weighted by Crippen LogP contribution is -1.99. The van der Waals surface area contributed by atoms with Gasteiger partial charge >= 0.3 is 0 Å². The Morgan fingerprint density at radius 1 is 0.488 bits per heavy atom. The van der Waals surface area contributed by atoms with Crippen molar-refractivity contribution in [2.75, 3.05) is 0 Å². The van der Waals surface area contributed by atoms with Crippen LogP contribution in [0.1, 0.15) is 0 Å². The van der Waals surface area contributed by atoms with E-state index in [4.69, 9.17) is 9.40 Å². The van der Waals surface area contributed by atoms with Crippen molar-refractivity contribution in [3.63, 3.8) is 0 Å². The fourth-order valence-electron chi connectivity index (χ4n) is 7.12. The third kappa shape index (κ3) is 2.95. The number of benzene rings is 6. The molecule has 5 heteroatoms. The first kappa shape index (κ1) is 22.7. The summed E-state index contributed by atoms with van der Waals surface area (Å²) in [6.45, 7) is 0. The maximum atomic E-state index is 6.21. The number of para-hydroxylation sites is 4. The van der Waals surface area contributed by atoms with E-state index in [-0.39, 0.29) is 0 Å². The van der Waals surface area contributed by atoms with E-state index < -0.39 is 0 Å². The van der Waals surface area contributed by atoms with Gasteiger partial charge in [0.25, 0.3) is 0 Å². The maximum Gasteiger partial charge on any atom is 0.135 e. The Labute approximate surface area is 244 Å². The lowest BCUT2D eigenvalue weighted by molar-refractivity contribution is 0.669. The molecule has 0 amide bonds. The summed E-state index contributed by atoms with van der Waals surface area (Å²) in [5.41, 5.74) is 9.45. The van der Waals surface area contributed by atoms with Crippen LogP contribution in [0.4, 0.5) is 0 Å². The van der Waals surface area contributed by atoms with Gasteiger partial charge in [-0.05, 0) is 48.5 Å². The molecule has 0 N–H and O–H groups in total. The number of fused-ring (bicyclic) bond motifs is 13. The van der Waals surface area contributed by atoms with Gasteiger partial charge in [0.2, 0.25) is 0 Å². The zero-order valence-corrected chi connectivity index (χ0v) is 22.9. The van der Waals surface area contributed by atoms with Crippen LogP contribution in [0, 0.1) is 0 Å². The van der Waals surface area contributed by atoms with Gasteiger partial charge in [0.1, 0.15) is 17.5 Å². The van der Waals surface area contributed by atoms with Crippen LogP contribution < -0.4 is 0 Å². The smallest absolute Gasteiger partial charge is 0.135 e. The zero-order valence-electron chi connectivity index (χ0n) is 22.9. The minimum atomic E-state index is 0.882. The monoisotopic (exact) mass is 550 g/mol. The van der Waals surface area contributed by atoms with Crippen LogP contribution in [-0.4, -0.2) is 19.1 Å². The van der Waals surface area contributed by atoms with Crippen molar-refractivity contribution in [1.29, 1.82) is 0 Å². The molecular formula is C38H22N4O. The Morgan fingerprint density at radius 2 is 1.12 bits per heavy atom. The molecule has 0 radical (unpaired) electrons. The summed E-state index contributed by atoms with van der Waals surface area (Å²) in [5.74, 6) is 0. The molecule has 6 aromatic carbocycles. The standard InChI is InChI=1S/C38H22N4O/c1-2-10-23(11-3-1)41-30-15-7-4-13-26(30)34-29-21-39-22-40-36(29)35-27-14-5-8-16-31(27)42(38(35)37(34)41)24-18-19-33-28(20-24)25-12-6-9-17-32(25)43-33/h1-22H. The molecule has 4 heterocycles. The summed E-state index contributed by atoms with van der Waals surface area (Å²) in [4.78, 5) is 9.46. The topological polar surface area (TPSA) is 48.8 Å². The molecule has 0 spiro atoms. The van der Waals surface area contributed by atoms with Gasteiger partial charge < -0.3 is 13.6 Å². The minimum absolute atomic E-state index is 0.882. The van der Waals surface area contributed by atoms with Gasteiger partial charge in [-0.25, -0.2) is 9.97 Å². The van der Waals surface area contributed by atoms with Crippen molar-refractivity contribution in [1.82, 2.24) is 19.1 Å². The fraction of sp³-hybridized carbons (Fsp3) is 0. The normalized spacial score (nSPS) is 12.2. The minimum Gasteiger partial charge on any atom is -0.456 e. The van der Waals surface area contributed by atoms with Crippen molar-refractivity contribution < 1.29 is 4.42 Å². The summed E-state index contributed by atoms with van der Waals surface area (Å²) in [5, 5.41) is 7.87. The van der Waals surface area contributed by atoms with Gasteiger partial charge in [-0.1, -0.05) is 72.8 Å².